The van der Waals surface area contributed by atoms with Crippen LogP contribution in [0.1, 0.15) is 47.0 Å². The number of ether oxygens (including phenoxy) is 1. The normalized spacial score (nSPS) is 15.4. The Labute approximate surface area is 81.7 Å². The van der Waals surface area contributed by atoms with E-state index in [-0.39, 0.29) is 11.9 Å². The summed E-state index contributed by atoms with van der Waals surface area (Å²) in [5.41, 5.74) is 0. The van der Waals surface area contributed by atoms with Crippen LogP contribution in [0.3, 0.4) is 0 Å². The number of hydrogen-bond donors (Lipinski definition) is 0. The van der Waals surface area contributed by atoms with Gasteiger partial charge in [-0.3, -0.25) is 4.79 Å². The summed E-state index contributed by atoms with van der Waals surface area (Å²) >= 11 is 0. The van der Waals surface area contributed by atoms with Gasteiger partial charge in [0.05, 0.1) is 0 Å². The van der Waals surface area contributed by atoms with E-state index >= 15 is 0 Å². The van der Waals surface area contributed by atoms with Gasteiger partial charge in [-0.25, -0.2) is 0 Å². The molecule has 13 heavy (non-hydrogen) atoms. The van der Waals surface area contributed by atoms with Crippen LogP contribution in [0.4, 0.5) is 0 Å². The summed E-state index contributed by atoms with van der Waals surface area (Å²) in [6.45, 7) is 8.64. The summed E-state index contributed by atoms with van der Waals surface area (Å²) in [6.07, 6.45) is 2.72. The first-order chi connectivity index (χ1) is 6.11. The first-order valence-electron chi connectivity index (χ1n) is 5.26. The molecule has 0 saturated heterocycles. The van der Waals surface area contributed by atoms with Crippen molar-refractivity contribution in [3.63, 3.8) is 0 Å². The van der Waals surface area contributed by atoms with Crippen LogP contribution in [-0.2, 0) is 9.53 Å². The predicted molar refractivity (Wildman–Crippen MR) is 54.8 cm³/mol. The highest BCUT2D eigenvalue weighted by atomic mass is 16.5. The first-order valence-corrected chi connectivity index (χ1v) is 5.26. The molecule has 0 aliphatic carbocycles. The molecule has 0 saturated carbocycles. The van der Waals surface area contributed by atoms with E-state index < -0.39 is 0 Å². The maximum absolute atomic E-state index is 11.5. The van der Waals surface area contributed by atoms with Crippen LogP contribution in [0, 0.1) is 5.92 Å². The lowest BCUT2D eigenvalue weighted by Crippen LogP contribution is -2.22. The van der Waals surface area contributed by atoms with Crippen molar-refractivity contribution in [3.8, 4) is 0 Å². The Morgan fingerprint density at radius 3 is 2.38 bits per heavy atom. The van der Waals surface area contributed by atoms with Gasteiger partial charge in [0, 0.05) is 13.0 Å². The van der Waals surface area contributed by atoms with E-state index in [2.05, 4.69) is 13.8 Å². The van der Waals surface area contributed by atoms with Gasteiger partial charge in [-0.15, -0.1) is 0 Å². The molecule has 2 nitrogen and oxygen atoms in total. The number of carbonyl (C=O) groups excluding carboxylic acids is 1. The van der Waals surface area contributed by atoms with Crippen LogP contribution in [0.2, 0.25) is 0 Å². The maximum Gasteiger partial charge on any atom is 0.161 e. The number of Topliss-reactive ketones (excluding diaryl/α,β-unsaturated/α-hetero) is 1. The fraction of sp³-hybridized carbons (Fsp3) is 0.909. The molecule has 0 aromatic rings. The lowest BCUT2D eigenvalue weighted by Gasteiger charge is -2.13. The van der Waals surface area contributed by atoms with E-state index in [1.807, 2.05) is 13.8 Å². The lowest BCUT2D eigenvalue weighted by atomic mass is 9.98. The Morgan fingerprint density at radius 2 is 1.92 bits per heavy atom. The summed E-state index contributed by atoms with van der Waals surface area (Å²) < 4.78 is 5.23. The van der Waals surface area contributed by atoms with Gasteiger partial charge in [0.25, 0.3) is 0 Å². The van der Waals surface area contributed by atoms with E-state index in [0.29, 0.717) is 18.9 Å². The summed E-state index contributed by atoms with van der Waals surface area (Å²) in [5, 5.41) is 0. The number of ketones is 1. The van der Waals surface area contributed by atoms with Crippen molar-refractivity contribution in [2.24, 2.45) is 5.92 Å². The molecule has 0 bridgehead atoms. The Morgan fingerprint density at radius 1 is 1.31 bits per heavy atom. The van der Waals surface area contributed by atoms with Gasteiger partial charge in [0.15, 0.2) is 5.78 Å². The fourth-order valence-corrected chi connectivity index (χ4v) is 1.45. The molecule has 0 spiro atoms. The molecular formula is C11H22O2. The van der Waals surface area contributed by atoms with Crippen molar-refractivity contribution in [1.82, 2.24) is 0 Å². The van der Waals surface area contributed by atoms with Gasteiger partial charge in [0.2, 0.25) is 0 Å². The molecule has 0 aromatic heterocycles. The molecule has 0 amide bonds. The topological polar surface area (TPSA) is 26.3 Å². The zero-order valence-corrected chi connectivity index (χ0v) is 9.30. The SMILES string of the molecule is CCCC(C)CC(=O)C(C)OCC. The second kappa shape index (κ2) is 7.07. The third kappa shape index (κ3) is 5.81. The molecule has 2 atom stereocenters. The summed E-state index contributed by atoms with van der Waals surface area (Å²) in [6, 6.07) is 0. The predicted octanol–water partition coefficient (Wildman–Crippen LogP) is 2.81. The van der Waals surface area contributed by atoms with Gasteiger partial charge in [-0.2, -0.15) is 0 Å². The molecule has 0 radical (unpaired) electrons. The smallest absolute Gasteiger partial charge is 0.161 e. The molecule has 0 rings (SSSR count). The third-order valence-electron chi connectivity index (χ3n) is 2.20. The molecule has 0 aliphatic rings. The number of carbonyl (C=O) groups is 1. The Kier molecular flexibility index (Phi) is 6.87. The zero-order valence-electron chi connectivity index (χ0n) is 9.30. The van der Waals surface area contributed by atoms with E-state index in [0.717, 1.165) is 12.8 Å². The van der Waals surface area contributed by atoms with Gasteiger partial charge in [0.1, 0.15) is 6.10 Å². The molecule has 2 unspecified atom stereocenters. The molecule has 0 aromatic carbocycles. The molecular weight excluding hydrogens is 164 g/mol. The van der Waals surface area contributed by atoms with Crippen molar-refractivity contribution < 1.29 is 9.53 Å². The molecule has 2 heteroatoms. The molecule has 0 aliphatic heterocycles. The average molecular weight is 186 g/mol. The molecule has 0 N–H and O–H groups in total. The van der Waals surface area contributed by atoms with E-state index in [9.17, 15) is 4.79 Å². The van der Waals surface area contributed by atoms with Gasteiger partial charge >= 0.3 is 0 Å². The Hall–Kier alpha value is -0.370. The van der Waals surface area contributed by atoms with Crippen LogP contribution < -0.4 is 0 Å². The highest BCUT2D eigenvalue weighted by molar-refractivity contribution is 5.82. The largest absolute Gasteiger partial charge is 0.371 e. The summed E-state index contributed by atoms with van der Waals surface area (Å²) in [7, 11) is 0. The van der Waals surface area contributed by atoms with Crippen molar-refractivity contribution >= 4 is 5.78 Å². The third-order valence-corrected chi connectivity index (χ3v) is 2.20. The average Bonchev–Trinajstić information content (AvgIpc) is 2.05. The quantitative estimate of drug-likeness (QED) is 0.611. The second-order valence-corrected chi connectivity index (χ2v) is 3.66. The van der Waals surface area contributed by atoms with E-state index in [1.165, 1.54) is 0 Å². The van der Waals surface area contributed by atoms with Crippen LogP contribution in [0.5, 0.6) is 0 Å². The number of rotatable bonds is 7. The van der Waals surface area contributed by atoms with E-state index in [4.69, 9.17) is 4.74 Å². The minimum atomic E-state index is -0.218. The monoisotopic (exact) mass is 186 g/mol. The van der Waals surface area contributed by atoms with Crippen LogP contribution in [0.15, 0.2) is 0 Å². The second-order valence-electron chi connectivity index (χ2n) is 3.66. The highest BCUT2D eigenvalue weighted by Gasteiger charge is 2.15. The van der Waals surface area contributed by atoms with Crippen molar-refractivity contribution in [2.45, 2.75) is 53.1 Å². The minimum Gasteiger partial charge on any atom is -0.371 e. The standard InChI is InChI=1S/C11H22O2/c1-5-7-9(3)8-11(12)10(4)13-6-2/h9-10H,5-8H2,1-4H3. The van der Waals surface area contributed by atoms with Crippen LogP contribution in [0.25, 0.3) is 0 Å². The number of hydrogen-bond acceptors (Lipinski definition) is 2. The van der Waals surface area contributed by atoms with E-state index in [1.54, 1.807) is 0 Å². The Balaban J connectivity index is 3.71. The van der Waals surface area contributed by atoms with Gasteiger partial charge in [-0.1, -0.05) is 26.7 Å². The first kappa shape index (κ1) is 12.6. The lowest BCUT2D eigenvalue weighted by molar-refractivity contribution is -0.130. The summed E-state index contributed by atoms with van der Waals surface area (Å²) in [4.78, 5) is 11.5. The highest BCUT2D eigenvalue weighted by Crippen LogP contribution is 2.12. The van der Waals surface area contributed by atoms with Crippen molar-refractivity contribution in [2.75, 3.05) is 6.61 Å². The van der Waals surface area contributed by atoms with Crippen LogP contribution >= 0.6 is 0 Å². The van der Waals surface area contributed by atoms with Crippen molar-refractivity contribution in [1.29, 1.82) is 0 Å². The summed E-state index contributed by atoms with van der Waals surface area (Å²) in [5.74, 6) is 0.739. The molecule has 0 fully saturated rings. The van der Waals surface area contributed by atoms with Crippen LogP contribution in [-0.4, -0.2) is 18.5 Å². The fourth-order valence-electron chi connectivity index (χ4n) is 1.45. The van der Waals surface area contributed by atoms with Gasteiger partial charge < -0.3 is 4.74 Å². The molecule has 78 valence electrons. The Bertz CT molecular complexity index is 143. The maximum atomic E-state index is 11.5. The van der Waals surface area contributed by atoms with Gasteiger partial charge in [-0.05, 0) is 19.8 Å². The zero-order chi connectivity index (χ0) is 10.3. The molecule has 0 heterocycles. The van der Waals surface area contributed by atoms with Crippen molar-refractivity contribution in [3.05, 3.63) is 0 Å². The minimum absolute atomic E-state index is 0.218.